The lowest BCUT2D eigenvalue weighted by atomic mass is 10.0. The third kappa shape index (κ3) is 4.34. The van der Waals surface area contributed by atoms with Crippen LogP contribution >= 0.6 is 0 Å². The summed E-state index contributed by atoms with van der Waals surface area (Å²) in [6.07, 6.45) is 1.77. The molecule has 1 N–H and O–H groups in total. The van der Waals surface area contributed by atoms with Crippen LogP contribution in [0.4, 0.5) is 4.39 Å². The number of nitrogens with one attached hydrogen (secondary N) is 1. The van der Waals surface area contributed by atoms with Gasteiger partial charge in [-0.3, -0.25) is 9.78 Å². The third-order valence-electron chi connectivity index (χ3n) is 5.36. The molecule has 0 saturated heterocycles. The zero-order valence-corrected chi connectivity index (χ0v) is 19.1. The normalized spacial score (nSPS) is 11.8. The Bertz CT molecular complexity index is 1540. The van der Waals surface area contributed by atoms with Crippen LogP contribution in [0.3, 0.4) is 0 Å². The molecule has 7 nitrogen and oxygen atoms in total. The number of hydrogen-bond donors (Lipinski definition) is 1. The lowest BCUT2D eigenvalue weighted by Gasteiger charge is -2.20. The molecule has 0 radical (unpaired) electrons. The van der Waals surface area contributed by atoms with Gasteiger partial charge in [0.15, 0.2) is 5.65 Å². The smallest absolute Gasteiger partial charge is 0.254 e. The number of fused-ring (bicyclic) bond motifs is 2. The van der Waals surface area contributed by atoms with Gasteiger partial charge < -0.3 is 5.32 Å². The minimum atomic E-state index is -0.599. The summed E-state index contributed by atoms with van der Waals surface area (Å²) in [5.41, 5.74) is 3.89. The Morgan fingerprint density at radius 2 is 1.85 bits per heavy atom. The van der Waals surface area contributed by atoms with E-state index in [0.29, 0.717) is 29.0 Å². The summed E-state index contributed by atoms with van der Waals surface area (Å²) in [5, 5.41) is 12.3. The van der Waals surface area contributed by atoms with Crippen LogP contribution in [0, 0.1) is 5.82 Å². The molecule has 0 unspecified atom stereocenters. The van der Waals surface area contributed by atoms with Crippen molar-refractivity contribution in [1.29, 1.82) is 0 Å². The van der Waals surface area contributed by atoms with Crippen LogP contribution in [0.2, 0.25) is 0 Å². The van der Waals surface area contributed by atoms with Crippen molar-refractivity contribution in [3.8, 4) is 11.3 Å². The second kappa shape index (κ2) is 8.30. The van der Waals surface area contributed by atoms with Crippen LogP contribution in [0.1, 0.15) is 36.7 Å². The molecule has 0 saturated carbocycles. The maximum absolute atomic E-state index is 14.8. The molecule has 0 aliphatic carbocycles. The molecule has 0 bridgehead atoms. The van der Waals surface area contributed by atoms with E-state index >= 15 is 0 Å². The van der Waals surface area contributed by atoms with E-state index < -0.39 is 17.3 Å². The second-order valence-electron chi connectivity index (χ2n) is 9.22. The molecule has 2 aromatic carbocycles. The molecule has 1 amide bonds. The van der Waals surface area contributed by atoms with E-state index in [1.807, 2.05) is 51.1 Å². The Kier molecular flexibility index (Phi) is 5.28. The molecule has 170 valence electrons. The molecule has 0 aliphatic rings. The van der Waals surface area contributed by atoms with E-state index in [9.17, 15) is 9.18 Å². The molecule has 3 heterocycles. The fourth-order valence-electron chi connectivity index (χ4n) is 3.78. The SMILES string of the molecule is CC(C)(C)NC(=O)c1ccc(-c2ccc3nnn(Cc4ccc5ncccc5c4)c3n2)cc1F. The highest BCUT2D eigenvalue weighted by atomic mass is 19.1. The predicted molar refractivity (Wildman–Crippen MR) is 129 cm³/mol. The molecule has 0 atom stereocenters. The van der Waals surface area contributed by atoms with Crippen molar-refractivity contribution in [3.63, 3.8) is 0 Å². The highest BCUT2D eigenvalue weighted by Crippen LogP contribution is 2.23. The predicted octanol–water partition coefficient (Wildman–Crippen LogP) is 4.76. The highest BCUT2D eigenvalue weighted by Gasteiger charge is 2.19. The van der Waals surface area contributed by atoms with E-state index in [4.69, 9.17) is 4.98 Å². The van der Waals surface area contributed by atoms with Crippen LogP contribution in [-0.4, -0.2) is 36.4 Å². The Labute approximate surface area is 195 Å². The summed E-state index contributed by atoms with van der Waals surface area (Å²) in [4.78, 5) is 21.4. The summed E-state index contributed by atoms with van der Waals surface area (Å²) in [7, 11) is 0. The molecular formula is C26H23FN6O. The van der Waals surface area contributed by atoms with Crippen LogP contribution in [0.5, 0.6) is 0 Å². The average molecular weight is 455 g/mol. The molecule has 5 rings (SSSR count). The summed E-state index contributed by atoms with van der Waals surface area (Å²) < 4.78 is 16.5. The van der Waals surface area contributed by atoms with E-state index in [1.54, 1.807) is 23.0 Å². The number of halogens is 1. The Balaban J connectivity index is 1.45. The van der Waals surface area contributed by atoms with Crippen molar-refractivity contribution >= 4 is 28.0 Å². The average Bonchev–Trinajstić information content (AvgIpc) is 3.19. The van der Waals surface area contributed by atoms with Crippen molar-refractivity contribution in [2.75, 3.05) is 0 Å². The van der Waals surface area contributed by atoms with Crippen molar-refractivity contribution in [3.05, 3.63) is 83.8 Å². The van der Waals surface area contributed by atoms with Crippen molar-refractivity contribution in [1.82, 2.24) is 30.3 Å². The van der Waals surface area contributed by atoms with Gasteiger partial charge in [-0.05, 0) is 68.8 Å². The number of pyridine rings is 2. The number of amides is 1. The summed E-state index contributed by atoms with van der Waals surface area (Å²) in [6, 6.07) is 18.0. The first-order chi connectivity index (χ1) is 16.3. The first-order valence-corrected chi connectivity index (χ1v) is 10.9. The number of carbonyl (C=O) groups is 1. The molecule has 34 heavy (non-hydrogen) atoms. The maximum Gasteiger partial charge on any atom is 0.254 e. The molecule has 5 aromatic rings. The lowest BCUT2D eigenvalue weighted by Crippen LogP contribution is -2.40. The van der Waals surface area contributed by atoms with Gasteiger partial charge in [0, 0.05) is 22.7 Å². The zero-order valence-electron chi connectivity index (χ0n) is 19.1. The lowest BCUT2D eigenvalue weighted by molar-refractivity contribution is 0.0915. The van der Waals surface area contributed by atoms with Crippen LogP contribution in [0.15, 0.2) is 66.9 Å². The van der Waals surface area contributed by atoms with Crippen LogP contribution < -0.4 is 5.32 Å². The molecule has 0 fully saturated rings. The summed E-state index contributed by atoms with van der Waals surface area (Å²) >= 11 is 0. The highest BCUT2D eigenvalue weighted by molar-refractivity contribution is 5.95. The zero-order chi connectivity index (χ0) is 23.9. The standard InChI is InChI=1S/C26H23FN6O/c1-26(2,3)30-25(34)19-8-7-18(14-20(19)27)22-10-11-23-24(29-22)33(32-31-23)15-16-6-9-21-17(13-16)5-4-12-28-21/h4-14H,15H2,1-3H3,(H,30,34). The number of rotatable bonds is 4. The van der Waals surface area contributed by atoms with E-state index in [1.165, 1.54) is 12.1 Å². The number of benzene rings is 2. The first-order valence-electron chi connectivity index (χ1n) is 10.9. The van der Waals surface area contributed by atoms with Gasteiger partial charge in [-0.2, -0.15) is 0 Å². The minimum absolute atomic E-state index is 0.00254. The topological polar surface area (TPSA) is 85.6 Å². The van der Waals surface area contributed by atoms with E-state index in [2.05, 4.69) is 26.7 Å². The van der Waals surface area contributed by atoms with Gasteiger partial charge in [-0.15, -0.1) is 5.10 Å². The van der Waals surface area contributed by atoms with Gasteiger partial charge in [0.05, 0.1) is 23.3 Å². The van der Waals surface area contributed by atoms with Gasteiger partial charge in [0.1, 0.15) is 11.3 Å². The van der Waals surface area contributed by atoms with Gasteiger partial charge in [0.2, 0.25) is 0 Å². The van der Waals surface area contributed by atoms with Crippen molar-refractivity contribution in [2.45, 2.75) is 32.9 Å². The second-order valence-corrected chi connectivity index (χ2v) is 9.22. The Hall–Kier alpha value is -4.20. The van der Waals surface area contributed by atoms with Gasteiger partial charge in [-0.25, -0.2) is 14.1 Å². The Morgan fingerprint density at radius 1 is 1.03 bits per heavy atom. The van der Waals surface area contributed by atoms with Gasteiger partial charge in [0.25, 0.3) is 5.91 Å². The minimum Gasteiger partial charge on any atom is -0.347 e. The molecular weight excluding hydrogens is 431 g/mol. The van der Waals surface area contributed by atoms with Crippen LogP contribution in [-0.2, 0) is 6.54 Å². The monoisotopic (exact) mass is 454 g/mol. The van der Waals surface area contributed by atoms with Crippen LogP contribution in [0.25, 0.3) is 33.3 Å². The fraction of sp³-hybridized carbons (Fsp3) is 0.192. The number of hydrogen-bond acceptors (Lipinski definition) is 5. The fourth-order valence-corrected chi connectivity index (χ4v) is 3.78. The maximum atomic E-state index is 14.8. The van der Waals surface area contributed by atoms with Crippen molar-refractivity contribution < 1.29 is 9.18 Å². The quantitative estimate of drug-likeness (QED) is 0.423. The van der Waals surface area contributed by atoms with E-state index in [0.717, 1.165) is 16.5 Å². The molecule has 8 heteroatoms. The van der Waals surface area contributed by atoms with Gasteiger partial charge >= 0.3 is 0 Å². The number of nitrogens with zero attached hydrogens (tertiary/aromatic N) is 5. The molecule has 0 aliphatic heterocycles. The first kappa shape index (κ1) is 21.6. The van der Waals surface area contributed by atoms with Crippen molar-refractivity contribution in [2.24, 2.45) is 0 Å². The Morgan fingerprint density at radius 3 is 2.65 bits per heavy atom. The van der Waals surface area contributed by atoms with E-state index in [-0.39, 0.29) is 5.56 Å². The molecule has 0 spiro atoms. The molecule has 3 aromatic heterocycles. The number of aromatic nitrogens is 5. The van der Waals surface area contributed by atoms with Gasteiger partial charge in [-0.1, -0.05) is 23.4 Å². The summed E-state index contributed by atoms with van der Waals surface area (Å²) in [5.74, 6) is -1.05. The number of carbonyl (C=O) groups excluding carboxylic acids is 1. The largest absolute Gasteiger partial charge is 0.347 e. The third-order valence-corrected chi connectivity index (χ3v) is 5.36. The summed E-state index contributed by atoms with van der Waals surface area (Å²) in [6.45, 7) is 6.03.